The van der Waals surface area contributed by atoms with Crippen LogP contribution in [-0.4, -0.2) is 13.0 Å². The van der Waals surface area contributed by atoms with Crippen LogP contribution in [0.15, 0.2) is 66.7 Å². The number of rotatable bonds is 3. The maximum atomic E-state index is 12.3. The minimum Gasteiger partial charge on any atom is -0.497 e. The Balaban J connectivity index is 1.85. The quantitative estimate of drug-likeness (QED) is 0.782. The molecule has 3 rings (SSSR count). The standard InChI is InChI=1S/C18H15NO2/c1-21-17-8-4-7-15(12-17)18(20)19-16-10-9-13-5-2-3-6-14(13)11-16/h2-12H,1H3,(H,19,20). The molecule has 0 heterocycles. The van der Waals surface area contributed by atoms with Crippen LogP contribution < -0.4 is 10.1 Å². The molecule has 1 N–H and O–H groups in total. The summed E-state index contributed by atoms with van der Waals surface area (Å²) >= 11 is 0. The van der Waals surface area contributed by atoms with Gasteiger partial charge in [-0.05, 0) is 41.1 Å². The van der Waals surface area contributed by atoms with Crippen molar-refractivity contribution in [2.45, 2.75) is 0 Å². The van der Waals surface area contributed by atoms with Gasteiger partial charge >= 0.3 is 0 Å². The first-order chi connectivity index (χ1) is 10.3. The van der Waals surface area contributed by atoms with Crippen molar-refractivity contribution in [3.63, 3.8) is 0 Å². The monoisotopic (exact) mass is 277 g/mol. The van der Waals surface area contributed by atoms with E-state index in [0.717, 1.165) is 16.5 Å². The van der Waals surface area contributed by atoms with Crippen LogP contribution in [0.25, 0.3) is 10.8 Å². The number of carbonyl (C=O) groups excluding carboxylic acids is 1. The zero-order valence-corrected chi connectivity index (χ0v) is 11.7. The van der Waals surface area contributed by atoms with E-state index in [2.05, 4.69) is 5.32 Å². The molecule has 0 aliphatic rings. The molecule has 0 bridgehead atoms. The van der Waals surface area contributed by atoms with Crippen LogP contribution in [0.2, 0.25) is 0 Å². The zero-order chi connectivity index (χ0) is 14.7. The summed E-state index contributed by atoms with van der Waals surface area (Å²) in [5.41, 5.74) is 1.35. The van der Waals surface area contributed by atoms with E-state index in [9.17, 15) is 4.79 Å². The van der Waals surface area contributed by atoms with Crippen molar-refractivity contribution in [3.8, 4) is 5.75 Å². The van der Waals surface area contributed by atoms with Crippen molar-refractivity contribution in [2.24, 2.45) is 0 Å². The number of methoxy groups -OCH3 is 1. The van der Waals surface area contributed by atoms with E-state index >= 15 is 0 Å². The summed E-state index contributed by atoms with van der Waals surface area (Å²) in [6.07, 6.45) is 0. The molecule has 0 aliphatic heterocycles. The lowest BCUT2D eigenvalue weighted by Crippen LogP contribution is -2.11. The second-order valence-electron chi connectivity index (χ2n) is 4.75. The lowest BCUT2D eigenvalue weighted by molar-refractivity contribution is 0.102. The number of hydrogen-bond donors (Lipinski definition) is 1. The fraction of sp³-hybridized carbons (Fsp3) is 0.0556. The summed E-state index contributed by atoms with van der Waals surface area (Å²) in [7, 11) is 1.58. The summed E-state index contributed by atoms with van der Waals surface area (Å²) < 4.78 is 5.13. The van der Waals surface area contributed by atoms with Gasteiger partial charge in [-0.3, -0.25) is 4.79 Å². The Bertz CT molecular complexity index is 796. The van der Waals surface area contributed by atoms with Crippen molar-refractivity contribution in [1.29, 1.82) is 0 Å². The molecule has 0 unspecified atom stereocenters. The van der Waals surface area contributed by atoms with Gasteiger partial charge in [-0.15, -0.1) is 0 Å². The van der Waals surface area contributed by atoms with Crippen molar-refractivity contribution in [2.75, 3.05) is 12.4 Å². The highest BCUT2D eigenvalue weighted by atomic mass is 16.5. The fourth-order valence-electron chi connectivity index (χ4n) is 2.23. The second-order valence-corrected chi connectivity index (χ2v) is 4.75. The molecule has 3 aromatic rings. The van der Waals surface area contributed by atoms with Gasteiger partial charge in [0, 0.05) is 11.3 Å². The molecular formula is C18H15NO2. The summed E-state index contributed by atoms with van der Waals surface area (Å²) in [6, 6.07) is 21.0. The van der Waals surface area contributed by atoms with E-state index in [1.54, 1.807) is 25.3 Å². The number of hydrogen-bond acceptors (Lipinski definition) is 2. The summed E-state index contributed by atoms with van der Waals surface area (Å²) in [5.74, 6) is 0.519. The smallest absolute Gasteiger partial charge is 0.255 e. The van der Waals surface area contributed by atoms with E-state index in [-0.39, 0.29) is 5.91 Å². The van der Waals surface area contributed by atoms with Crippen LogP contribution in [0.1, 0.15) is 10.4 Å². The summed E-state index contributed by atoms with van der Waals surface area (Å²) in [5, 5.41) is 5.16. The minimum absolute atomic E-state index is 0.149. The van der Waals surface area contributed by atoms with Crippen LogP contribution in [0.3, 0.4) is 0 Å². The maximum Gasteiger partial charge on any atom is 0.255 e. The highest BCUT2D eigenvalue weighted by Crippen LogP contribution is 2.20. The van der Waals surface area contributed by atoms with Gasteiger partial charge in [0.1, 0.15) is 5.75 Å². The Morgan fingerprint density at radius 1 is 0.905 bits per heavy atom. The number of carbonyl (C=O) groups is 1. The molecule has 0 saturated carbocycles. The predicted molar refractivity (Wildman–Crippen MR) is 84.9 cm³/mol. The van der Waals surface area contributed by atoms with Gasteiger partial charge in [0.05, 0.1) is 7.11 Å². The van der Waals surface area contributed by atoms with E-state index < -0.39 is 0 Å². The molecule has 0 saturated heterocycles. The topological polar surface area (TPSA) is 38.3 Å². The Labute approximate surface area is 123 Å². The molecule has 3 aromatic carbocycles. The highest BCUT2D eigenvalue weighted by molar-refractivity contribution is 6.05. The van der Waals surface area contributed by atoms with E-state index in [1.165, 1.54) is 0 Å². The first-order valence-electron chi connectivity index (χ1n) is 6.70. The van der Waals surface area contributed by atoms with Gasteiger partial charge in [-0.1, -0.05) is 36.4 Å². The molecule has 3 heteroatoms. The average Bonchev–Trinajstić information content (AvgIpc) is 2.54. The average molecular weight is 277 g/mol. The van der Waals surface area contributed by atoms with E-state index in [1.807, 2.05) is 48.5 Å². The van der Waals surface area contributed by atoms with Crippen LogP contribution in [-0.2, 0) is 0 Å². The third-order valence-corrected chi connectivity index (χ3v) is 3.34. The Morgan fingerprint density at radius 2 is 1.71 bits per heavy atom. The molecule has 3 nitrogen and oxygen atoms in total. The predicted octanol–water partition coefficient (Wildman–Crippen LogP) is 4.10. The van der Waals surface area contributed by atoms with Crippen LogP contribution >= 0.6 is 0 Å². The molecule has 104 valence electrons. The Kier molecular flexibility index (Phi) is 3.56. The van der Waals surface area contributed by atoms with Gasteiger partial charge < -0.3 is 10.1 Å². The van der Waals surface area contributed by atoms with Crippen molar-refractivity contribution in [3.05, 3.63) is 72.3 Å². The number of anilines is 1. The lowest BCUT2D eigenvalue weighted by atomic mass is 10.1. The van der Waals surface area contributed by atoms with Gasteiger partial charge in [0.2, 0.25) is 0 Å². The Hall–Kier alpha value is -2.81. The first-order valence-corrected chi connectivity index (χ1v) is 6.70. The molecule has 0 aromatic heterocycles. The zero-order valence-electron chi connectivity index (χ0n) is 11.7. The largest absolute Gasteiger partial charge is 0.497 e. The number of ether oxygens (including phenoxy) is 1. The van der Waals surface area contributed by atoms with E-state index in [4.69, 9.17) is 4.74 Å². The summed E-state index contributed by atoms with van der Waals surface area (Å²) in [6.45, 7) is 0. The number of benzene rings is 3. The third kappa shape index (κ3) is 2.87. The SMILES string of the molecule is COc1cccc(C(=O)Nc2ccc3ccccc3c2)c1. The number of fused-ring (bicyclic) bond motifs is 1. The molecule has 0 spiro atoms. The molecule has 21 heavy (non-hydrogen) atoms. The maximum absolute atomic E-state index is 12.3. The summed E-state index contributed by atoms with van der Waals surface area (Å²) in [4.78, 5) is 12.3. The van der Waals surface area contributed by atoms with Crippen LogP contribution in [0.5, 0.6) is 5.75 Å². The highest BCUT2D eigenvalue weighted by Gasteiger charge is 2.07. The molecular weight excluding hydrogens is 262 g/mol. The lowest BCUT2D eigenvalue weighted by Gasteiger charge is -2.08. The van der Waals surface area contributed by atoms with E-state index in [0.29, 0.717) is 11.3 Å². The van der Waals surface area contributed by atoms with Gasteiger partial charge in [0.25, 0.3) is 5.91 Å². The van der Waals surface area contributed by atoms with Crippen LogP contribution in [0.4, 0.5) is 5.69 Å². The first kappa shape index (κ1) is 13.2. The molecule has 0 aliphatic carbocycles. The van der Waals surface area contributed by atoms with Crippen LogP contribution in [0, 0.1) is 0 Å². The molecule has 1 amide bonds. The van der Waals surface area contributed by atoms with Gasteiger partial charge in [-0.25, -0.2) is 0 Å². The molecule has 0 atom stereocenters. The van der Waals surface area contributed by atoms with Crippen molar-refractivity contribution >= 4 is 22.4 Å². The van der Waals surface area contributed by atoms with Gasteiger partial charge in [0.15, 0.2) is 0 Å². The molecule has 0 fully saturated rings. The van der Waals surface area contributed by atoms with Crippen molar-refractivity contribution < 1.29 is 9.53 Å². The Morgan fingerprint density at radius 3 is 2.52 bits per heavy atom. The van der Waals surface area contributed by atoms with Crippen molar-refractivity contribution in [1.82, 2.24) is 0 Å². The molecule has 0 radical (unpaired) electrons. The van der Waals surface area contributed by atoms with Gasteiger partial charge in [-0.2, -0.15) is 0 Å². The minimum atomic E-state index is -0.149. The number of nitrogens with one attached hydrogen (secondary N) is 1. The second kappa shape index (κ2) is 5.67. The third-order valence-electron chi connectivity index (χ3n) is 3.34. The number of amides is 1. The normalized spacial score (nSPS) is 10.3. The fourth-order valence-corrected chi connectivity index (χ4v) is 2.23.